The molecule has 1 heterocycles. The molecule has 7 heteroatoms. The first-order chi connectivity index (χ1) is 11.1. The Balaban J connectivity index is 2.39. The van der Waals surface area contributed by atoms with Crippen molar-refractivity contribution in [1.29, 1.82) is 5.26 Å². The fraction of sp³-hybridized carbons (Fsp3) is 0.312. The number of para-hydroxylation sites is 1. The molecule has 0 aromatic heterocycles. The molecular weight excluding hydrogens is 316 g/mol. The van der Waals surface area contributed by atoms with Crippen molar-refractivity contribution in [3.63, 3.8) is 0 Å². The Bertz CT molecular complexity index is 694. The van der Waals surface area contributed by atoms with Gasteiger partial charge in [-0.3, -0.25) is 4.79 Å². The molecule has 23 heavy (non-hydrogen) atoms. The average molecular weight is 332 g/mol. The fourth-order valence-electron chi connectivity index (χ4n) is 2.45. The van der Waals surface area contributed by atoms with Crippen molar-refractivity contribution < 1.29 is 19.1 Å². The lowest BCUT2D eigenvalue weighted by Gasteiger charge is -2.26. The molecule has 0 saturated carbocycles. The van der Waals surface area contributed by atoms with Crippen molar-refractivity contribution >= 4 is 23.0 Å². The van der Waals surface area contributed by atoms with Crippen LogP contribution in [0.2, 0.25) is 0 Å². The van der Waals surface area contributed by atoms with Crippen LogP contribution in [0, 0.1) is 11.3 Å². The quantitative estimate of drug-likeness (QED) is 0.853. The molecule has 1 aliphatic heterocycles. The topological polar surface area (TPSA) is 88.4 Å². The summed E-state index contributed by atoms with van der Waals surface area (Å²) in [5, 5.41) is 11.8. The van der Waals surface area contributed by atoms with Crippen molar-refractivity contribution in [2.24, 2.45) is 0 Å². The zero-order valence-corrected chi connectivity index (χ0v) is 13.6. The van der Waals surface area contributed by atoms with Crippen molar-refractivity contribution in [3.05, 3.63) is 41.1 Å². The maximum absolute atomic E-state index is 12.0. The van der Waals surface area contributed by atoms with E-state index in [1.165, 1.54) is 7.11 Å². The Kier molecular flexibility index (Phi) is 5.66. The molecule has 0 spiro atoms. The van der Waals surface area contributed by atoms with E-state index >= 15 is 0 Å². The SMILES string of the molecule is COC(=O)SCC1=C(C#N)C(c2ccccc2OC)CC(=O)N1. The number of hydrogen-bond donors (Lipinski definition) is 1. The predicted octanol–water partition coefficient (Wildman–Crippen LogP) is 2.58. The van der Waals surface area contributed by atoms with Gasteiger partial charge in [0.2, 0.25) is 5.91 Å². The van der Waals surface area contributed by atoms with Crippen molar-refractivity contribution in [2.75, 3.05) is 20.0 Å². The summed E-state index contributed by atoms with van der Waals surface area (Å²) in [6.45, 7) is 0. The molecule has 6 nitrogen and oxygen atoms in total. The molecule has 120 valence electrons. The smallest absolute Gasteiger partial charge is 0.367 e. The first-order valence-electron chi connectivity index (χ1n) is 6.87. The second kappa shape index (κ2) is 7.70. The van der Waals surface area contributed by atoms with Gasteiger partial charge in [-0.05, 0) is 17.8 Å². The monoisotopic (exact) mass is 332 g/mol. The molecule has 0 radical (unpaired) electrons. The van der Waals surface area contributed by atoms with Crippen LogP contribution in [0.5, 0.6) is 5.75 Å². The van der Waals surface area contributed by atoms with Crippen LogP contribution in [-0.2, 0) is 9.53 Å². The number of nitrogens with one attached hydrogen (secondary N) is 1. The third-order valence-corrected chi connectivity index (χ3v) is 4.32. The number of hydrogen-bond acceptors (Lipinski definition) is 6. The van der Waals surface area contributed by atoms with E-state index in [1.54, 1.807) is 13.2 Å². The minimum Gasteiger partial charge on any atom is -0.496 e. The number of amides is 1. The highest BCUT2D eigenvalue weighted by atomic mass is 32.2. The standard InChI is InChI=1S/C16H16N2O4S/c1-21-14-6-4-3-5-10(14)11-7-15(19)18-13(12(11)8-17)9-23-16(20)22-2/h3-6,11H,7,9H2,1-2H3,(H,18,19). The number of thioether (sulfide) groups is 1. The maximum Gasteiger partial charge on any atom is 0.367 e. The van der Waals surface area contributed by atoms with Gasteiger partial charge in [-0.25, -0.2) is 4.79 Å². The summed E-state index contributed by atoms with van der Waals surface area (Å²) in [6, 6.07) is 9.45. The van der Waals surface area contributed by atoms with Crippen LogP contribution in [-0.4, -0.2) is 31.2 Å². The number of nitriles is 1. The van der Waals surface area contributed by atoms with E-state index in [9.17, 15) is 14.9 Å². The van der Waals surface area contributed by atoms with Gasteiger partial charge in [0.15, 0.2) is 0 Å². The molecule has 0 saturated heterocycles. The Morgan fingerprint density at radius 3 is 2.83 bits per heavy atom. The molecule has 0 fully saturated rings. The Morgan fingerprint density at radius 2 is 2.17 bits per heavy atom. The van der Waals surface area contributed by atoms with Crippen molar-refractivity contribution in [3.8, 4) is 11.8 Å². The van der Waals surface area contributed by atoms with Crippen LogP contribution in [0.15, 0.2) is 35.5 Å². The summed E-state index contributed by atoms with van der Waals surface area (Å²) in [4.78, 5) is 23.3. The number of ether oxygens (including phenoxy) is 2. The Morgan fingerprint density at radius 1 is 1.43 bits per heavy atom. The van der Waals surface area contributed by atoms with E-state index in [0.717, 1.165) is 17.3 Å². The van der Waals surface area contributed by atoms with E-state index in [2.05, 4.69) is 16.1 Å². The summed E-state index contributed by atoms with van der Waals surface area (Å²) in [7, 11) is 2.83. The van der Waals surface area contributed by atoms with Crippen LogP contribution in [0.3, 0.4) is 0 Å². The summed E-state index contributed by atoms with van der Waals surface area (Å²) < 4.78 is 9.91. The minimum atomic E-state index is -0.469. The number of carbonyl (C=O) groups excluding carboxylic acids is 2. The molecule has 1 amide bonds. The number of nitrogens with zero attached hydrogens (tertiary/aromatic N) is 1. The third kappa shape index (κ3) is 3.85. The third-order valence-electron chi connectivity index (χ3n) is 3.49. The van der Waals surface area contributed by atoms with Gasteiger partial charge in [0, 0.05) is 29.4 Å². The van der Waals surface area contributed by atoms with Gasteiger partial charge in [-0.1, -0.05) is 18.2 Å². The summed E-state index contributed by atoms with van der Waals surface area (Å²) in [6.07, 6.45) is 0.162. The lowest BCUT2D eigenvalue weighted by Crippen LogP contribution is -2.33. The second-order valence-electron chi connectivity index (χ2n) is 4.79. The molecule has 1 N–H and O–H groups in total. The predicted molar refractivity (Wildman–Crippen MR) is 86.0 cm³/mol. The highest BCUT2D eigenvalue weighted by Crippen LogP contribution is 2.37. The molecule has 2 rings (SSSR count). The Hall–Kier alpha value is -2.46. The van der Waals surface area contributed by atoms with Crippen LogP contribution < -0.4 is 10.1 Å². The van der Waals surface area contributed by atoms with Gasteiger partial charge in [0.25, 0.3) is 0 Å². The van der Waals surface area contributed by atoms with E-state index in [-0.39, 0.29) is 18.1 Å². The van der Waals surface area contributed by atoms with Gasteiger partial charge < -0.3 is 14.8 Å². The van der Waals surface area contributed by atoms with Gasteiger partial charge >= 0.3 is 5.30 Å². The first kappa shape index (κ1) is 16.9. The van der Waals surface area contributed by atoms with Crippen LogP contribution in [0.1, 0.15) is 17.9 Å². The van der Waals surface area contributed by atoms with Gasteiger partial charge in [-0.15, -0.1) is 0 Å². The Labute approximate surface area is 138 Å². The average Bonchev–Trinajstić information content (AvgIpc) is 2.58. The molecular formula is C16H16N2O4S. The molecule has 1 unspecified atom stereocenters. The number of carbonyl (C=O) groups is 2. The highest BCUT2D eigenvalue weighted by molar-refractivity contribution is 8.13. The largest absolute Gasteiger partial charge is 0.496 e. The zero-order valence-electron chi connectivity index (χ0n) is 12.8. The second-order valence-corrected chi connectivity index (χ2v) is 5.70. The summed E-state index contributed by atoms with van der Waals surface area (Å²) >= 11 is 0.895. The molecule has 1 aromatic carbocycles. The summed E-state index contributed by atoms with van der Waals surface area (Å²) in [5.74, 6) is 0.214. The van der Waals surface area contributed by atoms with E-state index in [1.807, 2.05) is 18.2 Å². The van der Waals surface area contributed by atoms with Crippen molar-refractivity contribution in [2.45, 2.75) is 12.3 Å². The fourth-order valence-corrected chi connectivity index (χ4v) is 3.06. The highest BCUT2D eigenvalue weighted by Gasteiger charge is 2.31. The van der Waals surface area contributed by atoms with E-state index < -0.39 is 11.2 Å². The molecule has 1 atom stereocenters. The van der Waals surface area contributed by atoms with Crippen LogP contribution in [0.4, 0.5) is 4.79 Å². The first-order valence-corrected chi connectivity index (χ1v) is 7.86. The molecule has 1 aliphatic rings. The normalized spacial score (nSPS) is 17.3. The number of benzene rings is 1. The zero-order chi connectivity index (χ0) is 16.8. The number of allylic oxidation sites excluding steroid dienone is 1. The van der Waals surface area contributed by atoms with E-state index in [0.29, 0.717) is 17.0 Å². The lowest BCUT2D eigenvalue weighted by atomic mass is 9.85. The number of methoxy groups -OCH3 is 2. The lowest BCUT2D eigenvalue weighted by molar-refractivity contribution is -0.121. The molecule has 0 bridgehead atoms. The molecule has 0 aliphatic carbocycles. The number of rotatable bonds is 4. The van der Waals surface area contributed by atoms with Gasteiger partial charge in [-0.2, -0.15) is 5.26 Å². The van der Waals surface area contributed by atoms with Crippen LogP contribution >= 0.6 is 11.8 Å². The van der Waals surface area contributed by atoms with Crippen LogP contribution in [0.25, 0.3) is 0 Å². The van der Waals surface area contributed by atoms with Gasteiger partial charge in [0.05, 0.1) is 25.9 Å². The maximum atomic E-state index is 12.0. The minimum absolute atomic E-state index is 0.162. The molecule has 1 aromatic rings. The van der Waals surface area contributed by atoms with E-state index in [4.69, 9.17) is 4.74 Å². The van der Waals surface area contributed by atoms with Gasteiger partial charge in [0.1, 0.15) is 5.75 Å². The van der Waals surface area contributed by atoms with Crippen molar-refractivity contribution in [1.82, 2.24) is 5.32 Å². The summed E-state index contributed by atoms with van der Waals surface area (Å²) in [5.41, 5.74) is 1.66.